The van der Waals surface area contributed by atoms with Crippen molar-refractivity contribution < 1.29 is 27.0 Å². The largest absolute Gasteiger partial charge is 0.389 e. The molecule has 10 heteroatoms. The summed E-state index contributed by atoms with van der Waals surface area (Å²) in [6.07, 6.45) is -2.22. The van der Waals surface area contributed by atoms with Gasteiger partial charge in [-0.05, 0) is 18.2 Å². The van der Waals surface area contributed by atoms with Crippen molar-refractivity contribution >= 4 is 10.0 Å². The lowest BCUT2D eigenvalue weighted by molar-refractivity contribution is -0.0674. The molecule has 2 heterocycles. The van der Waals surface area contributed by atoms with E-state index in [1.807, 2.05) is 6.07 Å². The number of ether oxygens (including phenoxy) is 1. The SMILES string of the molecule is N#Cc1cccc(S(=O)(=O)N[C@H]2CO[C@@H](CN3CCC(F)(F)CC3)[C@@H]2O)c1. The molecule has 0 saturated carbocycles. The van der Waals surface area contributed by atoms with Crippen LogP contribution in [0.15, 0.2) is 29.2 Å². The molecule has 0 amide bonds. The smallest absolute Gasteiger partial charge is 0.250 e. The predicted octanol–water partition coefficient (Wildman–Crippen LogP) is 0.696. The van der Waals surface area contributed by atoms with Gasteiger partial charge in [-0.25, -0.2) is 21.9 Å². The van der Waals surface area contributed by atoms with Crippen LogP contribution in [0.2, 0.25) is 0 Å². The van der Waals surface area contributed by atoms with Gasteiger partial charge in [-0.1, -0.05) is 6.07 Å². The van der Waals surface area contributed by atoms with Crippen LogP contribution in [0.4, 0.5) is 8.78 Å². The Morgan fingerprint density at radius 2 is 2.07 bits per heavy atom. The van der Waals surface area contributed by atoms with E-state index in [4.69, 9.17) is 10.00 Å². The molecule has 1 aromatic carbocycles. The van der Waals surface area contributed by atoms with E-state index in [0.717, 1.165) is 0 Å². The van der Waals surface area contributed by atoms with Crippen molar-refractivity contribution in [1.82, 2.24) is 9.62 Å². The molecule has 0 aromatic heterocycles. The van der Waals surface area contributed by atoms with Crippen molar-refractivity contribution in [3.05, 3.63) is 29.8 Å². The summed E-state index contributed by atoms with van der Waals surface area (Å²) >= 11 is 0. The fourth-order valence-corrected chi connectivity index (χ4v) is 4.55. The molecule has 0 bridgehead atoms. The maximum Gasteiger partial charge on any atom is 0.250 e. The van der Waals surface area contributed by atoms with Gasteiger partial charge in [0.2, 0.25) is 10.0 Å². The number of alkyl halides is 2. The highest BCUT2D eigenvalue weighted by Crippen LogP contribution is 2.28. The van der Waals surface area contributed by atoms with Gasteiger partial charge in [0.15, 0.2) is 0 Å². The normalized spacial score (nSPS) is 28.7. The number of benzene rings is 1. The Labute approximate surface area is 156 Å². The first-order chi connectivity index (χ1) is 12.7. The van der Waals surface area contributed by atoms with Gasteiger partial charge in [0, 0.05) is 32.5 Å². The third-order valence-corrected chi connectivity index (χ3v) is 6.38. The van der Waals surface area contributed by atoms with Crippen molar-refractivity contribution in [1.29, 1.82) is 5.26 Å². The van der Waals surface area contributed by atoms with E-state index in [9.17, 15) is 22.3 Å². The highest BCUT2D eigenvalue weighted by atomic mass is 32.2. The number of sulfonamides is 1. The zero-order chi connectivity index (χ0) is 19.7. The molecule has 3 rings (SSSR count). The predicted molar refractivity (Wildman–Crippen MR) is 91.6 cm³/mol. The van der Waals surface area contributed by atoms with Crippen LogP contribution in [0.3, 0.4) is 0 Å². The molecule has 0 radical (unpaired) electrons. The van der Waals surface area contributed by atoms with Gasteiger partial charge < -0.3 is 14.7 Å². The number of nitriles is 1. The first-order valence-corrected chi connectivity index (χ1v) is 10.1. The molecule has 1 aromatic rings. The van der Waals surface area contributed by atoms with Gasteiger partial charge >= 0.3 is 0 Å². The fourth-order valence-electron chi connectivity index (χ4n) is 3.27. The Bertz CT molecular complexity index is 818. The van der Waals surface area contributed by atoms with Gasteiger partial charge in [0.25, 0.3) is 5.92 Å². The summed E-state index contributed by atoms with van der Waals surface area (Å²) < 4.78 is 59.3. The second-order valence-electron chi connectivity index (χ2n) is 6.89. The lowest BCUT2D eigenvalue weighted by Gasteiger charge is -2.33. The number of nitrogens with zero attached hydrogens (tertiary/aromatic N) is 2. The van der Waals surface area contributed by atoms with Crippen LogP contribution in [-0.2, 0) is 14.8 Å². The summed E-state index contributed by atoms with van der Waals surface area (Å²) in [6.45, 7) is 0.653. The second-order valence-corrected chi connectivity index (χ2v) is 8.60. The van der Waals surface area contributed by atoms with E-state index >= 15 is 0 Å². The molecule has 0 unspecified atom stereocenters. The summed E-state index contributed by atoms with van der Waals surface area (Å²) in [6, 6.07) is 6.58. The van der Waals surface area contributed by atoms with Crippen LogP contribution in [0.5, 0.6) is 0 Å². The highest BCUT2D eigenvalue weighted by Gasteiger charge is 2.41. The summed E-state index contributed by atoms with van der Waals surface area (Å²) in [4.78, 5) is 1.72. The topological polar surface area (TPSA) is 103 Å². The van der Waals surface area contributed by atoms with Gasteiger partial charge in [-0.2, -0.15) is 5.26 Å². The average molecular weight is 401 g/mol. The van der Waals surface area contributed by atoms with Crippen molar-refractivity contribution in [2.75, 3.05) is 26.2 Å². The first-order valence-electron chi connectivity index (χ1n) is 8.62. The van der Waals surface area contributed by atoms with Crippen LogP contribution in [0, 0.1) is 11.3 Å². The zero-order valence-electron chi connectivity index (χ0n) is 14.5. The van der Waals surface area contributed by atoms with Crippen LogP contribution in [-0.4, -0.2) is 68.8 Å². The van der Waals surface area contributed by atoms with E-state index in [1.165, 1.54) is 24.3 Å². The van der Waals surface area contributed by atoms with E-state index in [2.05, 4.69) is 4.72 Å². The molecule has 7 nitrogen and oxygen atoms in total. The van der Waals surface area contributed by atoms with Crippen molar-refractivity contribution in [2.45, 2.75) is 41.9 Å². The molecular weight excluding hydrogens is 380 g/mol. The van der Waals surface area contributed by atoms with Crippen molar-refractivity contribution in [3.8, 4) is 6.07 Å². The minimum absolute atomic E-state index is 0.0208. The quantitative estimate of drug-likeness (QED) is 0.753. The Hall–Kier alpha value is -1.64. The van der Waals surface area contributed by atoms with Crippen molar-refractivity contribution in [2.24, 2.45) is 0 Å². The number of halogens is 2. The number of nitrogens with one attached hydrogen (secondary N) is 1. The molecule has 2 aliphatic rings. The lowest BCUT2D eigenvalue weighted by atomic mass is 10.0. The average Bonchev–Trinajstić information content (AvgIpc) is 2.96. The minimum atomic E-state index is -3.94. The van der Waals surface area contributed by atoms with E-state index in [0.29, 0.717) is 0 Å². The minimum Gasteiger partial charge on any atom is -0.389 e. The monoisotopic (exact) mass is 401 g/mol. The maximum absolute atomic E-state index is 13.2. The fraction of sp³-hybridized carbons (Fsp3) is 0.588. The van der Waals surface area contributed by atoms with E-state index in [1.54, 1.807) is 4.90 Å². The molecule has 2 aliphatic heterocycles. The van der Waals surface area contributed by atoms with E-state index < -0.39 is 34.2 Å². The van der Waals surface area contributed by atoms with Gasteiger partial charge in [-0.15, -0.1) is 0 Å². The number of hydrogen-bond acceptors (Lipinski definition) is 6. The summed E-state index contributed by atoms with van der Waals surface area (Å²) in [5.41, 5.74) is 0.209. The molecule has 3 atom stereocenters. The molecule has 148 valence electrons. The molecular formula is C17H21F2N3O4S. The van der Waals surface area contributed by atoms with Crippen LogP contribution < -0.4 is 4.72 Å². The summed E-state index contributed by atoms with van der Waals surface area (Å²) in [7, 11) is -3.94. The first kappa shape index (κ1) is 20.1. The Balaban J connectivity index is 1.60. The van der Waals surface area contributed by atoms with Gasteiger partial charge in [-0.3, -0.25) is 0 Å². The Morgan fingerprint density at radius 3 is 2.74 bits per heavy atom. The van der Waals surface area contributed by atoms with Crippen molar-refractivity contribution in [3.63, 3.8) is 0 Å². The molecule has 27 heavy (non-hydrogen) atoms. The van der Waals surface area contributed by atoms with E-state index in [-0.39, 0.29) is 49.5 Å². The van der Waals surface area contributed by atoms with Crippen LogP contribution in [0.25, 0.3) is 0 Å². The standard InChI is InChI=1S/C17H21F2N3O4S/c18-17(19)4-6-22(7-5-17)10-15-16(23)14(11-26-15)21-27(24,25)13-3-1-2-12(8-13)9-20/h1-3,8,14-16,21,23H,4-7,10-11H2/t14-,15-,16+/m0/s1. The van der Waals surface area contributed by atoms with Crippen LogP contribution >= 0.6 is 0 Å². The third-order valence-electron chi connectivity index (χ3n) is 4.89. The molecule has 0 aliphatic carbocycles. The molecule has 2 N–H and O–H groups in total. The maximum atomic E-state index is 13.2. The van der Waals surface area contributed by atoms with Crippen LogP contribution in [0.1, 0.15) is 18.4 Å². The number of piperidine rings is 1. The molecule has 2 saturated heterocycles. The van der Waals surface area contributed by atoms with Gasteiger partial charge in [0.05, 0.1) is 41.4 Å². The number of rotatable bonds is 5. The lowest BCUT2D eigenvalue weighted by Crippen LogP contribution is -2.48. The third kappa shape index (κ3) is 4.80. The summed E-state index contributed by atoms with van der Waals surface area (Å²) in [5, 5.41) is 19.3. The molecule has 2 fully saturated rings. The Morgan fingerprint density at radius 1 is 1.37 bits per heavy atom. The Kier molecular flexibility index (Phi) is 5.79. The number of aliphatic hydroxyl groups is 1. The summed E-state index contributed by atoms with van der Waals surface area (Å²) in [5.74, 6) is -2.65. The highest BCUT2D eigenvalue weighted by molar-refractivity contribution is 7.89. The van der Waals surface area contributed by atoms with Gasteiger partial charge in [0.1, 0.15) is 0 Å². The number of hydrogen-bond donors (Lipinski definition) is 2. The zero-order valence-corrected chi connectivity index (χ0v) is 15.3. The number of likely N-dealkylation sites (tertiary alicyclic amines) is 1. The second kappa shape index (κ2) is 7.77. The molecule has 0 spiro atoms. The number of aliphatic hydroxyl groups excluding tert-OH is 1.